The van der Waals surface area contributed by atoms with Crippen molar-refractivity contribution < 1.29 is 5.11 Å². The third-order valence-electron chi connectivity index (χ3n) is 4.94. The Hall–Kier alpha value is -2.02. The summed E-state index contributed by atoms with van der Waals surface area (Å²) < 4.78 is 1.77. The number of hydrogen-bond donors (Lipinski definition) is 1. The predicted octanol–water partition coefficient (Wildman–Crippen LogP) is 3.27. The van der Waals surface area contributed by atoms with Gasteiger partial charge in [0.1, 0.15) is 12.7 Å². The molecule has 130 valence electrons. The molecule has 5 nitrogen and oxygen atoms in total. The highest BCUT2D eigenvalue weighted by atomic mass is 32.1. The number of hydrogen-bond acceptors (Lipinski definition) is 5. The zero-order valence-electron chi connectivity index (χ0n) is 14.0. The van der Waals surface area contributed by atoms with E-state index < -0.39 is 0 Å². The Labute approximate surface area is 151 Å². The molecule has 1 aromatic carbocycles. The molecule has 0 spiro atoms. The number of benzene rings is 1. The lowest BCUT2D eigenvalue weighted by Crippen LogP contribution is -2.35. The average molecular weight is 354 g/mol. The van der Waals surface area contributed by atoms with Gasteiger partial charge in [-0.25, -0.2) is 9.67 Å². The molecule has 0 aliphatic carbocycles. The van der Waals surface area contributed by atoms with Gasteiger partial charge in [-0.2, -0.15) is 5.10 Å². The van der Waals surface area contributed by atoms with Crippen molar-refractivity contribution in [3.05, 3.63) is 64.9 Å². The molecule has 1 saturated heterocycles. The first-order chi connectivity index (χ1) is 12.3. The standard InChI is InChI=1S/C19H22N4OS/c24-19(18-2-1-11-25-18)16-7-9-22(10-8-16)12-15-3-5-17(6-4-15)23-14-20-13-21-23/h1-6,11,13-14,16,19,24H,7-10,12H2/t19-/m1/s1. The molecule has 1 atom stereocenters. The van der Waals surface area contributed by atoms with E-state index in [9.17, 15) is 5.11 Å². The summed E-state index contributed by atoms with van der Waals surface area (Å²) >= 11 is 1.65. The van der Waals surface area contributed by atoms with Crippen molar-refractivity contribution in [1.29, 1.82) is 0 Å². The van der Waals surface area contributed by atoms with Crippen LogP contribution in [0.25, 0.3) is 5.69 Å². The number of aromatic nitrogens is 3. The molecule has 2 aromatic heterocycles. The largest absolute Gasteiger partial charge is 0.387 e. The Morgan fingerprint density at radius 1 is 1.16 bits per heavy atom. The second-order valence-corrected chi connectivity index (χ2v) is 7.56. The first-order valence-corrected chi connectivity index (χ1v) is 9.55. The quantitative estimate of drug-likeness (QED) is 0.764. The lowest BCUT2D eigenvalue weighted by molar-refractivity contribution is 0.0591. The van der Waals surface area contributed by atoms with E-state index in [0.717, 1.165) is 43.0 Å². The SMILES string of the molecule is O[C@@H](c1cccs1)C1CCN(Cc2ccc(-n3cncn3)cc2)CC1. The summed E-state index contributed by atoms with van der Waals surface area (Å²) in [6.45, 7) is 3.04. The molecule has 1 fully saturated rings. The smallest absolute Gasteiger partial charge is 0.138 e. The fourth-order valence-corrected chi connectivity index (χ4v) is 4.28. The number of nitrogens with zero attached hydrogens (tertiary/aromatic N) is 4. The Kier molecular flexibility index (Phi) is 4.92. The fraction of sp³-hybridized carbons (Fsp3) is 0.368. The Balaban J connectivity index is 1.31. The summed E-state index contributed by atoms with van der Waals surface area (Å²) in [5.74, 6) is 0.379. The fourth-order valence-electron chi connectivity index (χ4n) is 3.47. The molecular formula is C19H22N4OS. The minimum Gasteiger partial charge on any atom is -0.387 e. The van der Waals surface area contributed by atoms with Crippen LogP contribution >= 0.6 is 11.3 Å². The van der Waals surface area contributed by atoms with Crippen LogP contribution in [0.1, 0.15) is 29.4 Å². The third-order valence-corrected chi connectivity index (χ3v) is 5.88. The maximum atomic E-state index is 10.5. The van der Waals surface area contributed by atoms with Gasteiger partial charge in [-0.1, -0.05) is 18.2 Å². The summed E-state index contributed by atoms with van der Waals surface area (Å²) in [4.78, 5) is 7.55. The number of likely N-dealkylation sites (tertiary alicyclic amines) is 1. The van der Waals surface area contributed by atoms with Gasteiger partial charge in [-0.05, 0) is 61.0 Å². The molecule has 3 heterocycles. The number of aliphatic hydroxyl groups is 1. The minimum absolute atomic E-state index is 0.302. The highest BCUT2D eigenvalue weighted by Gasteiger charge is 2.26. The highest BCUT2D eigenvalue weighted by molar-refractivity contribution is 7.10. The summed E-state index contributed by atoms with van der Waals surface area (Å²) in [6, 6.07) is 12.5. The van der Waals surface area contributed by atoms with Gasteiger partial charge in [0, 0.05) is 11.4 Å². The van der Waals surface area contributed by atoms with Crippen molar-refractivity contribution in [2.24, 2.45) is 5.92 Å². The number of piperidine rings is 1. The Morgan fingerprint density at radius 2 is 1.96 bits per heavy atom. The summed E-state index contributed by atoms with van der Waals surface area (Å²) in [5, 5.41) is 16.7. The Bertz CT molecular complexity index is 762. The minimum atomic E-state index is -0.302. The van der Waals surface area contributed by atoms with Crippen molar-refractivity contribution in [2.45, 2.75) is 25.5 Å². The van der Waals surface area contributed by atoms with E-state index in [0.29, 0.717) is 5.92 Å². The maximum Gasteiger partial charge on any atom is 0.138 e. The summed E-state index contributed by atoms with van der Waals surface area (Å²) in [7, 11) is 0. The van der Waals surface area contributed by atoms with Crippen molar-refractivity contribution >= 4 is 11.3 Å². The number of rotatable bonds is 5. The van der Waals surface area contributed by atoms with Crippen LogP contribution in [0.5, 0.6) is 0 Å². The van der Waals surface area contributed by atoms with Gasteiger partial charge >= 0.3 is 0 Å². The van der Waals surface area contributed by atoms with Crippen LogP contribution in [0.2, 0.25) is 0 Å². The van der Waals surface area contributed by atoms with E-state index in [4.69, 9.17) is 0 Å². The zero-order chi connectivity index (χ0) is 17.1. The van der Waals surface area contributed by atoms with Crippen LogP contribution in [0.4, 0.5) is 0 Å². The molecule has 0 amide bonds. The van der Waals surface area contributed by atoms with E-state index >= 15 is 0 Å². The summed E-state index contributed by atoms with van der Waals surface area (Å²) in [6.07, 6.45) is 5.05. The van der Waals surface area contributed by atoms with Gasteiger partial charge in [-0.3, -0.25) is 4.90 Å². The first-order valence-electron chi connectivity index (χ1n) is 8.67. The lowest BCUT2D eigenvalue weighted by atomic mass is 9.90. The second kappa shape index (κ2) is 7.47. The van der Waals surface area contributed by atoms with Gasteiger partial charge in [0.05, 0.1) is 11.8 Å². The topological polar surface area (TPSA) is 54.2 Å². The first kappa shape index (κ1) is 16.4. The molecular weight excluding hydrogens is 332 g/mol. The van der Waals surface area contributed by atoms with Gasteiger partial charge in [0.2, 0.25) is 0 Å². The molecule has 4 rings (SSSR count). The van der Waals surface area contributed by atoms with Gasteiger partial charge in [0.15, 0.2) is 0 Å². The molecule has 1 N–H and O–H groups in total. The van der Waals surface area contributed by atoms with E-state index in [2.05, 4.69) is 39.2 Å². The second-order valence-electron chi connectivity index (χ2n) is 6.58. The molecule has 1 aliphatic rings. The maximum absolute atomic E-state index is 10.5. The normalized spacial score (nSPS) is 17.6. The molecule has 0 bridgehead atoms. The molecule has 0 radical (unpaired) electrons. The predicted molar refractivity (Wildman–Crippen MR) is 98.6 cm³/mol. The van der Waals surface area contributed by atoms with E-state index in [1.165, 1.54) is 5.56 Å². The van der Waals surface area contributed by atoms with Crippen molar-refractivity contribution in [2.75, 3.05) is 13.1 Å². The summed E-state index contributed by atoms with van der Waals surface area (Å²) in [5.41, 5.74) is 2.33. The van der Waals surface area contributed by atoms with Crippen LogP contribution in [0, 0.1) is 5.92 Å². The Morgan fingerprint density at radius 3 is 2.60 bits per heavy atom. The van der Waals surface area contributed by atoms with Crippen molar-refractivity contribution in [3.63, 3.8) is 0 Å². The molecule has 6 heteroatoms. The molecule has 0 unspecified atom stereocenters. The zero-order valence-corrected chi connectivity index (χ0v) is 14.8. The van der Waals surface area contributed by atoms with Crippen LogP contribution in [-0.2, 0) is 6.54 Å². The van der Waals surface area contributed by atoms with E-state index in [1.54, 1.807) is 28.7 Å². The average Bonchev–Trinajstić information content (AvgIpc) is 3.36. The lowest BCUT2D eigenvalue weighted by Gasteiger charge is -2.34. The monoisotopic (exact) mass is 354 g/mol. The number of aliphatic hydroxyl groups excluding tert-OH is 1. The van der Waals surface area contributed by atoms with E-state index in [-0.39, 0.29) is 6.10 Å². The van der Waals surface area contributed by atoms with Crippen molar-refractivity contribution in [3.8, 4) is 5.69 Å². The van der Waals surface area contributed by atoms with Crippen LogP contribution < -0.4 is 0 Å². The van der Waals surface area contributed by atoms with Crippen LogP contribution in [0.3, 0.4) is 0 Å². The number of thiophene rings is 1. The third kappa shape index (κ3) is 3.81. The van der Waals surface area contributed by atoms with E-state index in [1.807, 2.05) is 17.5 Å². The van der Waals surface area contributed by atoms with Crippen LogP contribution in [-0.4, -0.2) is 37.9 Å². The highest BCUT2D eigenvalue weighted by Crippen LogP contribution is 2.33. The van der Waals surface area contributed by atoms with Gasteiger partial charge in [-0.15, -0.1) is 11.3 Å². The molecule has 25 heavy (non-hydrogen) atoms. The molecule has 0 saturated carbocycles. The van der Waals surface area contributed by atoms with Crippen LogP contribution in [0.15, 0.2) is 54.4 Å². The van der Waals surface area contributed by atoms with Gasteiger partial charge in [0.25, 0.3) is 0 Å². The van der Waals surface area contributed by atoms with Crippen molar-refractivity contribution in [1.82, 2.24) is 19.7 Å². The van der Waals surface area contributed by atoms with Gasteiger partial charge < -0.3 is 5.11 Å². The molecule has 3 aromatic rings. The molecule has 1 aliphatic heterocycles.